The maximum atomic E-state index is 11.4. The van der Waals surface area contributed by atoms with Gasteiger partial charge >= 0.3 is 11.0 Å². The maximum Gasteiger partial charge on any atom is 0.480 e. The average molecular weight is 838 g/mol. The SMILES string of the molecule is C=Cn1cc[n+](Cc2cc(CBr)cc(C[n+]3ccn(C=C)c3)c2)c1.CS(=O)(=O)[N-]S(=O)(=O)C(F)(F)F.CS(=O)(=O)[N-]S(=O)(=O)C(F)(F)F. The second-order valence-electron chi connectivity index (χ2n) is 9.18. The van der Waals surface area contributed by atoms with Gasteiger partial charge in [-0.2, -0.15) is 26.3 Å². The molecule has 2 aromatic heterocycles. The lowest BCUT2D eigenvalue weighted by molar-refractivity contribution is -0.688. The summed E-state index contributed by atoms with van der Waals surface area (Å²) in [6.07, 6.45) is 16.2. The van der Waals surface area contributed by atoms with Gasteiger partial charge in [0.2, 0.25) is 12.7 Å². The Morgan fingerprint density at radius 1 is 0.688 bits per heavy atom. The normalized spacial score (nSPS) is 12.7. The van der Waals surface area contributed by atoms with Crippen molar-refractivity contribution in [1.82, 2.24) is 9.13 Å². The molecule has 0 saturated heterocycles. The van der Waals surface area contributed by atoms with Crippen LogP contribution in [0.1, 0.15) is 16.7 Å². The van der Waals surface area contributed by atoms with E-state index in [1.54, 1.807) is 20.7 Å². The molecule has 0 atom stereocenters. The molecule has 14 nitrogen and oxygen atoms in total. The van der Waals surface area contributed by atoms with Crippen molar-refractivity contribution in [2.45, 2.75) is 29.4 Å². The Bertz CT molecular complexity index is 1890. The Labute approximate surface area is 281 Å². The van der Waals surface area contributed by atoms with Crippen LogP contribution in [0.15, 0.2) is 68.8 Å². The van der Waals surface area contributed by atoms with E-state index in [0.717, 1.165) is 18.4 Å². The second-order valence-corrected chi connectivity index (χ2v) is 16.7. The molecule has 0 bridgehead atoms. The Morgan fingerprint density at radius 3 is 1.21 bits per heavy atom. The van der Waals surface area contributed by atoms with E-state index in [0.29, 0.717) is 0 Å². The molecular weight excluding hydrogens is 810 g/mol. The summed E-state index contributed by atoms with van der Waals surface area (Å²) in [6.45, 7) is 9.24. The third kappa shape index (κ3) is 15.0. The van der Waals surface area contributed by atoms with Crippen molar-refractivity contribution in [2.75, 3.05) is 12.5 Å². The zero-order chi connectivity index (χ0) is 37.4. The number of hydrogen-bond acceptors (Lipinski definition) is 8. The van der Waals surface area contributed by atoms with E-state index in [1.165, 1.54) is 16.7 Å². The Balaban J connectivity index is 0.000000407. The predicted octanol–water partition coefficient (Wildman–Crippen LogP) is 3.40. The standard InChI is InChI=1S/C19H21BrN4.2C2H3F3NO4S2/c1-3-21-5-7-23(15-21)13-18-9-17(12-20)10-19(11-18)14-24-8-6-22(4-2)16-24;2*1-11(7,8)6-12(9,10)2(3,4)5/h3-11,15-16H,1-2,12-14H2;2*1H3/q+2;2*-1. The van der Waals surface area contributed by atoms with Gasteiger partial charge in [0, 0.05) is 17.8 Å². The molecule has 0 aliphatic heterocycles. The highest BCUT2D eigenvalue weighted by atomic mass is 79.9. The fraction of sp³-hybridized carbons (Fsp3) is 0.304. The molecule has 0 fully saturated rings. The van der Waals surface area contributed by atoms with Crippen molar-refractivity contribution in [3.8, 4) is 0 Å². The van der Waals surface area contributed by atoms with Gasteiger partial charge in [-0.15, -0.1) is 0 Å². The molecule has 0 N–H and O–H groups in total. The Hall–Kier alpha value is -3.10. The number of halogens is 7. The van der Waals surface area contributed by atoms with E-state index < -0.39 is 51.1 Å². The molecule has 1 aromatic carbocycles. The lowest BCUT2D eigenvalue weighted by atomic mass is 10.1. The van der Waals surface area contributed by atoms with Crippen LogP contribution in [0, 0.1) is 0 Å². The molecular formula is C23H27BrF6N6O8S4. The Morgan fingerprint density at radius 2 is 1.00 bits per heavy atom. The van der Waals surface area contributed by atoms with Gasteiger partial charge in [-0.1, -0.05) is 41.2 Å². The van der Waals surface area contributed by atoms with Crippen LogP contribution in [0.4, 0.5) is 26.3 Å². The van der Waals surface area contributed by atoms with Crippen molar-refractivity contribution in [3.05, 3.63) is 93.7 Å². The fourth-order valence-corrected chi connectivity index (χ4v) is 7.04. The quantitative estimate of drug-likeness (QED) is 0.160. The van der Waals surface area contributed by atoms with Crippen LogP contribution in [-0.2, 0) is 58.5 Å². The zero-order valence-electron chi connectivity index (χ0n) is 24.6. The second kappa shape index (κ2) is 16.5. The van der Waals surface area contributed by atoms with Crippen LogP contribution in [0.5, 0.6) is 0 Å². The number of alkyl halides is 7. The summed E-state index contributed by atoms with van der Waals surface area (Å²) in [5.74, 6) is 0. The number of imidazole rings is 2. The molecule has 0 aliphatic carbocycles. The molecule has 0 saturated carbocycles. The van der Waals surface area contributed by atoms with Crippen molar-refractivity contribution >= 4 is 68.4 Å². The molecule has 0 amide bonds. The predicted molar refractivity (Wildman–Crippen MR) is 166 cm³/mol. The number of sulfonamides is 4. The van der Waals surface area contributed by atoms with Crippen LogP contribution in [-0.4, -0.2) is 66.3 Å². The van der Waals surface area contributed by atoms with Gasteiger partial charge in [0.15, 0.2) is 20.0 Å². The molecule has 0 radical (unpaired) electrons. The highest BCUT2D eigenvalue weighted by Gasteiger charge is 2.40. The summed E-state index contributed by atoms with van der Waals surface area (Å²) in [5.41, 5.74) is -7.48. The fourth-order valence-electron chi connectivity index (χ4n) is 3.19. The summed E-state index contributed by atoms with van der Waals surface area (Å²) in [7, 11) is -20.9. The van der Waals surface area contributed by atoms with E-state index in [2.05, 4.69) is 68.8 Å². The highest BCUT2D eigenvalue weighted by molar-refractivity contribution is 9.08. The average Bonchev–Trinajstić information content (AvgIpc) is 3.54. The van der Waals surface area contributed by atoms with Gasteiger partial charge in [-0.3, -0.25) is 0 Å². The first-order valence-corrected chi connectivity index (χ1v) is 19.9. The first-order chi connectivity index (χ1) is 21.6. The number of aromatic nitrogens is 4. The van der Waals surface area contributed by atoms with E-state index in [-0.39, 0.29) is 12.5 Å². The first-order valence-electron chi connectivity index (χ1n) is 12.2. The minimum atomic E-state index is -5.92. The van der Waals surface area contributed by atoms with Crippen LogP contribution in [0.2, 0.25) is 0 Å². The lowest BCUT2D eigenvalue weighted by Gasteiger charge is -2.19. The van der Waals surface area contributed by atoms with Gasteiger partial charge in [-0.25, -0.2) is 51.9 Å². The van der Waals surface area contributed by atoms with Gasteiger partial charge in [-0.05, 0) is 22.8 Å². The number of benzene rings is 1. The van der Waals surface area contributed by atoms with Crippen LogP contribution in [0.25, 0.3) is 20.7 Å². The number of rotatable bonds is 11. The van der Waals surface area contributed by atoms with Crippen molar-refractivity contribution < 1.29 is 69.1 Å². The van der Waals surface area contributed by atoms with Crippen molar-refractivity contribution in [3.63, 3.8) is 0 Å². The monoisotopic (exact) mass is 836 g/mol. The molecule has 0 spiro atoms. The minimum absolute atomic E-state index is 0.246. The summed E-state index contributed by atoms with van der Waals surface area (Å²) in [6, 6.07) is 6.76. The minimum Gasteiger partial charge on any atom is -0.429 e. The van der Waals surface area contributed by atoms with Crippen molar-refractivity contribution in [1.29, 1.82) is 0 Å². The number of nitrogens with zero attached hydrogens (tertiary/aromatic N) is 6. The molecule has 0 aliphatic rings. The van der Waals surface area contributed by atoms with Crippen LogP contribution < -0.4 is 9.13 Å². The number of hydrogen-bond donors (Lipinski definition) is 0. The van der Waals surface area contributed by atoms with E-state index >= 15 is 0 Å². The van der Waals surface area contributed by atoms with Crippen LogP contribution in [0.3, 0.4) is 0 Å². The Kier molecular flexibility index (Phi) is 14.8. The van der Waals surface area contributed by atoms with Gasteiger partial charge < -0.3 is 8.25 Å². The molecule has 48 heavy (non-hydrogen) atoms. The van der Waals surface area contributed by atoms with Gasteiger partial charge in [0.1, 0.15) is 37.9 Å². The van der Waals surface area contributed by atoms with Crippen LogP contribution >= 0.6 is 15.9 Å². The summed E-state index contributed by atoms with van der Waals surface area (Å²) < 4.78 is 160. The van der Waals surface area contributed by atoms with Gasteiger partial charge in [0.05, 0.1) is 32.4 Å². The lowest BCUT2D eigenvalue weighted by Crippen LogP contribution is -2.33. The molecule has 25 heteroatoms. The maximum absolute atomic E-state index is 11.4. The third-order valence-electron chi connectivity index (χ3n) is 4.89. The smallest absolute Gasteiger partial charge is 0.429 e. The van der Waals surface area contributed by atoms with E-state index in [4.69, 9.17) is 0 Å². The van der Waals surface area contributed by atoms with E-state index in [1.807, 2.05) is 34.2 Å². The summed E-state index contributed by atoms with van der Waals surface area (Å²) in [5, 5.41) is 0.852. The largest absolute Gasteiger partial charge is 0.480 e. The van der Waals surface area contributed by atoms with Gasteiger partial charge in [0.25, 0.3) is 0 Å². The summed E-state index contributed by atoms with van der Waals surface area (Å²) in [4.78, 5) is 0. The molecule has 0 unspecified atom stereocenters. The molecule has 3 rings (SSSR count). The molecule has 270 valence electrons. The summed E-state index contributed by atoms with van der Waals surface area (Å²) >= 11 is 3.58. The highest BCUT2D eigenvalue weighted by Crippen LogP contribution is 2.30. The van der Waals surface area contributed by atoms with Crippen molar-refractivity contribution in [2.24, 2.45) is 0 Å². The first kappa shape index (κ1) is 42.9. The topological polar surface area (TPSA) is 182 Å². The van der Waals surface area contributed by atoms with E-state index in [9.17, 15) is 60.0 Å². The zero-order valence-corrected chi connectivity index (χ0v) is 29.5. The molecule has 2 heterocycles. The third-order valence-corrected chi connectivity index (χ3v) is 10.4. The molecule has 3 aromatic rings.